The summed E-state index contributed by atoms with van der Waals surface area (Å²) in [6.45, 7) is 1.85. The van der Waals surface area contributed by atoms with Crippen molar-refractivity contribution in [1.82, 2.24) is 0 Å². The van der Waals surface area contributed by atoms with Gasteiger partial charge >= 0.3 is 0 Å². The summed E-state index contributed by atoms with van der Waals surface area (Å²) >= 11 is 0. The van der Waals surface area contributed by atoms with Gasteiger partial charge in [-0.05, 0) is 37.3 Å². The van der Waals surface area contributed by atoms with Gasteiger partial charge in [0.05, 0.1) is 18.3 Å². The zero-order chi connectivity index (χ0) is 14.2. The molecule has 3 nitrogen and oxygen atoms in total. The molecule has 112 valence electrons. The van der Waals surface area contributed by atoms with Crippen LogP contribution in [0.3, 0.4) is 0 Å². The lowest BCUT2D eigenvalue weighted by molar-refractivity contribution is -0.157. The van der Waals surface area contributed by atoms with Gasteiger partial charge in [-0.1, -0.05) is 37.1 Å². The van der Waals surface area contributed by atoms with E-state index in [1.807, 2.05) is 6.92 Å². The van der Waals surface area contributed by atoms with E-state index in [0.717, 1.165) is 12.8 Å². The smallest absolute Gasteiger partial charge is 0.114 e. The van der Waals surface area contributed by atoms with E-state index < -0.39 is 6.10 Å². The Hall–Kier alpha value is -0.900. The Kier molecular flexibility index (Phi) is 2.34. The Morgan fingerprint density at radius 3 is 2.76 bits per heavy atom. The van der Waals surface area contributed by atoms with Gasteiger partial charge in [0.1, 0.15) is 11.7 Å². The van der Waals surface area contributed by atoms with Crippen LogP contribution in [0.1, 0.15) is 62.4 Å². The zero-order valence-corrected chi connectivity index (χ0v) is 12.4. The Labute approximate surface area is 125 Å². The van der Waals surface area contributed by atoms with Crippen molar-refractivity contribution in [3.8, 4) is 0 Å². The molecule has 2 saturated heterocycles. The molecule has 2 aliphatic carbocycles. The van der Waals surface area contributed by atoms with Crippen LogP contribution in [0.2, 0.25) is 0 Å². The first-order valence-electron chi connectivity index (χ1n) is 8.28. The summed E-state index contributed by atoms with van der Waals surface area (Å²) in [6, 6.07) is 8.59. The minimum Gasteiger partial charge on any atom is -0.391 e. The molecule has 21 heavy (non-hydrogen) atoms. The fraction of sp³-hybridized carbons (Fsp3) is 0.667. The van der Waals surface area contributed by atoms with Crippen LogP contribution in [0.15, 0.2) is 24.3 Å². The van der Waals surface area contributed by atoms with Crippen LogP contribution >= 0.6 is 0 Å². The summed E-state index contributed by atoms with van der Waals surface area (Å²) in [5.41, 5.74) is 2.44. The zero-order valence-electron chi connectivity index (χ0n) is 12.4. The quantitative estimate of drug-likeness (QED) is 0.861. The minimum absolute atomic E-state index is 0.0892. The maximum absolute atomic E-state index is 10.3. The highest BCUT2D eigenvalue weighted by atomic mass is 16.6. The summed E-state index contributed by atoms with van der Waals surface area (Å²) in [6.07, 6.45) is 5.36. The van der Waals surface area contributed by atoms with Gasteiger partial charge in [-0.25, -0.2) is 0 Å². The second-order valence-electron chi connectivity index (χ2n) is 7.37. The van der Waals surface area contributed by atoms with Gasteiger partial charge in [0, 0.05) is 5.41 Å². The molecule has 1 spiro atoms. The van der Waals surface area contributed by atoms with Crippen molar-refractivity contribution < 1.29 is 14.6 Å². The molecular weight excluding hydrogens is 264 g/mol. The van der Waals surface area contributed by atoms with E-state index in [-0.39, 0.29) is 29.3 Å². The Morgan fingerprint density at radius 2 is 1.95 bits per heavy atom. The maximum atomic E-state index is 10.3. The van der Waals surface area contributed by atoms with Crippen LogP contribution in [0.25, 0.3) is 0 Å². The maximum Gasteiger partial charge on any atom is 0.114 e. The largest absolute Gasteiger partial charge is 0.391 e. The van der Waals surface area contributed by atoms with Crippen LogP contribution < -0.4 is 0 Å². The Morgan fingerprint density at radius 1 is 1.19 bits per heavy atom. The number of rotatable bonds is 1. The minimum atomic E-state index is -0.475. The van der Waals surface area contributed by atoms with Gasteiger partial charge in [-0.15, -0.1) is 0 Å². The van der Waals surface area contributed by atoms with Gasteiger partial charge in [0.25, 0.3) is 0 Å². The topological polar surface area (TPSA) is 38.7 Å². The molecule has 1 aromatic rings. The van der Waals surface area contributed by atoms with Crippen LogP contribution in [0, 0.1) is 5.41 Å². The van der Waals surface area contributed by atoms with Crippen LogP contribution in [-0.4, -0.2) is 22.9 Å². The number of ether oxygens (including phenoxy) is 2. The molecule has 6 atom stereocenters. The predicted molar refractivity (Wildman–Crippen MR) is 77.8 cm³/mol. The summed E-state index contributed by atoms with van der Waals surface area (Å²) in [5, 5.41) is 10.3. The van der Waals surface area contributed by atoms with Gasteiger partial charge in [0.2, 0.25) is 0 Å². The standard InChI is InChI=1S/C18H22O3/c1-11(19)15-18-9-5-4-8-17(18)10-14(21-18)12-6-2-3-7-13(12)16(17)20-15/h2-3,6-7,11,14-16,19H,4-5,8-10H2,1H3/t11-,14+,15-,16+,17-,18+/m0/s1. The van der Waals surface area contributed by atoms with E-state index in [0.29, 0.717) is 0 Å². The van der Waals surface area contributed by atoms with Crippen molar-refractivity contribution >= 4 is 0 Å². The Bertz CT molecular complexity index is 598. The highest BCUT2D eigenvalue weighted by Crippen LogP contribution is 2.74. The second-order valence-corrected chi connectivity index (χ2v) is 7.37. The number of aliphatic hydroxyl groups is 1. The molecule has 2 aliphatic heterocycles. The lowest BCUT2D eigenvalue weighted by Gasteiger charge is -2.46. The fourth-order valence-corrected chi connectivity index (χ4v) is 5.80. The van der Waals surface area contributed by atoms with Crippen molar-refractivity contribution in [2.75, 3.05) is 0 Å². The van der Waals surface area contributed by atoms with E-state index >= 15 is 0 Å². The van der Waals surface area contributed by atoms with Crippen molar-refractivity contribution in [3.63, 3.8) is 0 Å². The average molecular weight is 286 g/mol. The first-order chi connectivity index (χ1) is 10.2. The van der Waals surface area contributed by atoms with Gasteiger partial charge < -0.3 is 14.6 Å². The van der Waals surface area contributed by atoms with Crippen LogP contribution in [0.4, 0.5) is 0 Å². The van der Waals surface area contributed by atoms with Crippen molar-refractivity contribution in [1.29, 1.82) is 0 Å². The third-order valence-electron chi connectivity index (χ3n) is 6.47. The molecule has 0 unspecified atom stereocenters. The SMILES string of the molecule is C[C@H](O)[C@@H]1O[C@@H]2c3ccccc3[C@H]3C[C@@]24CCCC[C@@]14O3. The number of benzene rings is 1. The van der Waals surface area contributed by atoms with Crippen molar-refractivity contribution in [2.45, 2.75) is 69.0 Å². The van der Waals surface area contributed by atoms with E-state index in [9.17, 15) is 5.11 Å². The summed E-state index contributed by atoms with van der Waals surface area (Å²) in [4.78, 5) is 0. The average Bonchev–Trinajstić information content (AvgIpc) is 2.94. The first-order valence-corrected chi connectivity index (χ1v) is 8.28. The van der Waals surface area contributed by atoms with Gasteiger partial charge in [-0.2, -0.15) is 0 Å². The van der Waals surface area contributed by atoms with Crippen LogP contribution in [-0.2, 0) is 9.47 Å². The monoisotopic (exact) mass is 286 g/mol. The highest BCUT2D eigenvalue weighted by molar-refractivity contribution is 5.42. The summed E-state index contributed by atoms with van der Waals surface area (Å²) < 4.78 is 13.1. The third kappa shape index (κ3) is 1.28. The van der Waals surface area contributed by atoms with E-state index in [4.69, 9.17) is 9.47 Å². The fourth-order valence-electron chi connectivity index (χ4n) is 5.80. The van der Waals surface area contributed by atoms with Crippen LogP contribution in [0.5, 0.6) is 0 Å². The lowest BCUT2D eigenvalue weighted by Crippen LogP contribution is -2.54. The normalized spacial score (nSPS) is 47.8. The number of aliphatic hydroxyl groups excluding tert-OH is 1. The molecule has 2 bridgehead atoms. The molecule has 0 radical (unpaired) electrons. The third-order valence-corrected chi connectivity index (χ3v) is 6.47. The molecule has 0 amide bonds. The van der Waals surface area contributed by atoms with Gasteiger partial charge in [0.15, 0.2) is 0 Å². The number of hydrogen-bond acceptors (Lipinski definition) is 3. The molecule has 1 N–H and O–H groups in total. The van der Waals surface area contributed by atoms with Crippen molar-refractivity contribution in [2.24, 2.45) is 5.41 Å². The molecule has 4 aliphatic rings. The van der Waals surface area contributed by atoms with E-state index in [1.165, 1.54) is 30.4 Å². The predicted octanol–water partition coefficient (Wildman–Crippen LogP) is 3.28. The Balaban J connectivity index is 1.75. The second kappa shape index (κ2) is 3.89. The van der Waals surface area contributed by atoms with E-state index in [2.05, 4.69) is 24.3 Å². The molecule has 2 heterocycles. The summed E-state index contributed by atoms with van der Waals surface area (Å²) in [5.74, 6) is 0. The molecule has 1 saturated carbocycles. The van der Waals surface area contributed by atoms with Gasteiger partial charge in [-0.3, -0.25) is 0 Å². The highest BCUT2D eigenvalue weighted by Gasteiger charge is 2.75. The number of hydrogen-bond donors (Lipinski definition) is 1. The molecular formula is C18H22O3. The molecule has 1 aromatic carbocycles. The molecule has 5 rings (SSSR count). The van der Waals surface area contributed by atoms with E-state index in [1.54, 1.807) is 0 Å². The first kappa shape index (κ1) is 12.6. The molecule has 3 heteroatoms. The summed E-state index contributed by atoms with van der Waals surface area (Å²) in [7, 11) is 0. The van der Waals surface area contributed by atoms with Crippen molar-refractivity contribution in [3.05, 3.63) is 35.4 Å². The molecule has 3 fully saturated rings. The number of fused-ring (bicyclic) bond motifs is 4. The molecule has 0 aromatic heterocycles. The lowest BCUT2D eigenvalue weighted by atomic mass is 9.56.